The molecule has 0 atom stereocenters. The predicted octanol–water partition coefficient (Wildman–Crippen LogP) is 5.33. The van der Waals surface area contributed by atoms with Crippen LogP contribution in [0.15, 0.2) is 53.4 Å². The SMILES string of the molecule is O=C(CSc1ccccc1C(=O)Nc1ccc(OC(F)F)cc1)NCC1CCCCC1. The van der Waals surface area contributed by atoms with Crippen molar-refractivity contribution in [3.05, 3.63) is 54.1 Å². The topological polar surface area (TPSA) is 67.4 Å². The fraction of sp³-hybridized carbons (Fsp3) is 0.391. The lowest BCUT2D eigenvalue weighted by Gasteiger charge is -2.21. The molecule has 1 saturated carbocycles. The van der Waals surface area contributed by atoms with Crippen LogP contribution in [0.2, 0.25) is 0 Å². The van der Waals surface area contributed by atoms with E-state index >= 15 is 0 Å². The summed E-state index contributed by atoms with van der Waals surface area (Å²) in [4.78, 5) is 25.6. The second-order valence-electron chi connectivity index (χ2n) is 7.45. The van der Waals surface area contributed by atoms with E-state index in [4.69, 9.17) is 0 Å². The van der Waals surface area contributed by atoms with Gasteiger partial charge in [-0.1, -0.05) is 31.4 Å². The van der Waals surface area contributed by atoms with Crippen molar-refractivity contribution >= 4 is 29.3 Å². The van der Waals surface area contributed by atoms with Gasteiger partial charge in [0.25, 0.3) is 5.91 Å². The van der Waals surface area contributed by atoms with Crippen molar-refractivity contribution < 1.29 is 23.1 Å². The molecule has 1 fully saturated rings. The van der Waals surface area contributed by atoms with Gasteiger partial charge in [-0.05, 0) is 55.2 Å². The number of rotatable bonds is 9. The third-order valence-electron chi connectivity index (χ3n) is 5.14. The van der Waals surface area contributed by atoms with Crippen LogP contribution in [-0.4, -0.2) is 30.7 Å². The molecule has 2 N–H and O–H groups in total. The van der Waals surface area contributed by atoms with Gasteiger partial charge in [-0.15, -0.1) is 11.8 Å². The van der Waals surface area contributed by atoms with Crippen molar-refractivity contribution in [2.45, 2.75) is 43.6 Å². The number of hydrogen-bond acceptors (Lipinski definition) is 4. The molecule has 0 saturated heterocycles. The summed E-state index contributed by atoms with van der Waals surface area (Å²) >= 11 is 1.31. The van der Waals surface area contributed by atoms with E-state index in [9.17, 15) is 18.4 Å². The second-order valence-corrected chi connectivity index (χ2v) is 8.47. The molecule has 0 bridgehead atoms. The maximum Gasteiger partial charge on any atom is 0.387 e. The van der Waals surface area contributed by atoms with Gasteiger partial charge in [-0.25, -0.2) is 0 Å². The van der Waals surface area contributed by atoms with Crippen LogP contribution >= 0.6 is 11.8 Å². The van der Waals surface area contributed by atoms with Gasteiger partial charge < -0.3 is 15.4 Å². The minimum absolute atomic E-state index is 0.0168. The third-order valence-corrected chi connectivity index (χ3v) is 6.21. The zero-order valence-electron chi connectivity index (χ0n) is 17.1. The zero-order chi connectivity index (χ0) is 22.1. The number of amides is 2. The fourth-order valence-corrected chi connectivity index (χ4v) is 4.42. The highest BCUT2D eigenvalue weighted by molar-refractivity contribution is 8.00. The van der Waals surface area contributed by atoms with Crippen molar-refractivity contribution in [2.24, 2.45) is 5.92 Å². The maximum atomic E-state index is 12.7. The molecule has 0 aromatic heterocycles. The predicted molar refractivity (Wildman–Crippen MR) is 118 cm³/mol. The molecule has 2 aromatic carbocycles. The molecule has 0 unspecified atom stereocenters. The first-order chi connectivity index (χ1) is 15.0. The number of hydrogen-bond donors (Lipinski definition) is 2. The van der Waals surface area contributed by atoms with E-state index < -0.39 is 6.61 Å². The average molecular weight is 449 g/mol. The highest BCUT2D eigenvalue weighted by Gasteiger charge is 2.16. The number of nitrogens with one attached hydrogen (secondary N) is 2. The summed E-state index contributed by atoms with van der Waals surface area (Å²) in [5, 5.41) is 5.74. The van der Waals surface area contributed by atoms with Crippen LogP contribution < -0.4 is 15.4 Å². The summed E-state index contributed by atoms with van der Waals surface area (Å²) in [5.74, 6) is 0.437. The van der Waals surface area contributed by atoms with Crippen molar-refractivity contribution in [1.29, 1.82) is 0 Å². The normalized spacial score (nSPS) is 14.3. The molecule has 5 nitrogen and oxygen atoms in total. The standard InChI is InChI=1S/C23H26F2N2O3S/c24-23(25)30-18-12-10-17(11-13-18)27-22(29)19-8-4-5-9-20(19)31-15-21(28)26-14-16-6-2-1-3-7-16/h4-5,8-13,16,23H,1-3,6-7,14-15H2,(H,26,28)(H,27,29). The maximum absolute atomic E-state index is 12.7. The van der Waals surface area contributed by atoms with E-state index in [2.05, 4.69) is 15.4 Å². The van der Waals surface area contributed by atoms with Crippen molar-refractivity contribution in [3.63, 3.8) is 0 Å². The van der Waals surface area contributed by atoms with Gasteiger partial charge in [0.2, 0.25) is 5.91 Å². The van der Waals surface area contributed by atoms with Gasteiger partial charge in [0.05, 0.1) is 11.3 Å². The number of carbonyl (C=O) groups is 2. The first-order valence-electron chi connectivity index (χ1n) is 10.4. The Morgan fingerprint density at radius 2 is 1.74 bits per heavy atom. The first-order valence-corrected chi connectivity index (χ1v) is 11.3. The van der Waals surface area contributed by atoms with Gasteiger partial charge in [-0.2, -0.15) is 8.78 Å². The zero-order valence-corrected chi connectivity index (χ0v) is 17.9. The molecule has 1 aliphatic rings. The van der Waals surface area contributed by atoms with Crippen LogP contribution in [0.3, 0.4) is 0 Å². The van der Waals surface area contributed by atoms with Crippen LogP contribution in [0, 0.1) is 5.92 Å². The Labute approximate surface area is 184 Å². The van der Waals surface area contributed by atoms with Crippen LogP contribution in [0.25, 0.3) is 0 Å². The van der Waals surface area contributed by atoms with Crippen LogP contribution in [-0.2, 0) is 4.79 Å². The molecular weight excluding hydrogens is 422 g/mol. The lowest BCUT2D eigenvalue weighted by molar-refractivity contribution is -0.118. The number of alkyl halides is 2. The summed E-state index contributed by atoms with van der Waals surface area (Å²) < 4.78 is 28.8. The van der Waals surface area contributed by atoms with E-state index in [0.29, 0.717) is 28.6 Å². The number of halogens is 2. The van der Waals surface area contributed by atoms with Crippen molar-refractivity contribution in [3.8, 4) is 5.75 Å². The molecule has 0 radical (unpaired) electrons. The van der Waals surface area contributed by atoms with E-state index in [0.717, 1.165) is 0 Å². The minimum Gasteiger partial charge on any atom is -0.435 e. The third kappa shape index (κ3) is 7.54. The Hall–Kier alpha value is -2.61. The second kappa shape index (κ2) is 11.7. The molecular formula is C23H26F2N2O3S. The lowest BCUT2D eigenvalue weighted by Crippen LogP contribution is -2.31. The fourth-order valence-electron chi connectivity index (χ4n) is 3.54. The number of carbonyl (C=O) groups excluding carboxylic acids is 2. The molecule has 31 heavy (non-hydrogen) atoms. The average Bonchev–Trinajstić information content (AvgIpc) is 2.78. The number of anilines is 1. The van der Waals surface area contributed by atoms with E-state index in [1.165, 1.54) is 68.1 Å². The summed E-state index contributed by atoms with van der Waals surface area (Å²) in [6.45, 7) is -2.18. The van der Waals surface area contributed by atoms with Crippen molar-refractivity contribution in [2.75, 3.05) is 17.6 Å². The van der Waals surface area contributed by atoms with Crippen LogP contribution in [0.5, 0.6) is 5.75 Å². The van der Waals surface area contributed by atoms with Gasteiger partial charge >= 0.3 is 6.61 Å². The minimum atomic E-state index is -2.90. The molecule has 166 valence electrons. The largest absolute Gasteiger partial charge is 0.435 e. The Balaban J connectivity index is 1.52. The molecule has 2 amide bonds. The Kier molecular flexibility index (Phi) is 8.70. The number of benzene rings is 2. The highest BCUT2D eigenvalue weighted by atomic mass is 32.2. The first kappa shape index (κ1) is 23.1. The van der Waals surface area contributed by atoms with Gasteiger partial charge in [0, 0.05) is 17.1 Å². The molecule has 8 heteroatoms. The highest BCUT2D eigenvalue weighted by Crippen LogP contribution is 2.25. The molecule has 1 aliphatic carbocycles. The van der Waals surface area contributed by atoms with E-state index in [1.807, 2.05) is 6.07 Å². The van der Waals surface area contributed by atoms with Crippen LogP contribution in [0.4, 0.5) is 14.5 Å². The Bertz CT molecular complexity index is 871. The van der Waals surface area contributed by atoms with Crippen LogP contribution in [0.1, 0.15) is 42.5 Å². The van der Waals surface area contributed by atoms with Gasteiger partial charge in [-0.3, -0.25) is 9.59 Å². The monoisotopic (exact) mass is 448 g/mol. The van der Waals surface area contributed by atoms with Gasteiger partial charge in [0.15, 0.2) is 0 Å². The smallest absolute Gasteiger partial charge is 0.387 e. The quantitative estimate of drug-likeness (QED) is 0.509. The molecule has 2 aromatic rings. The van der Waals surface area contributed by atoms with E-state index in [-0.39, 0.29) is 23.3 Å². The van der Waals surface area contributed by atoms with Gasteiger partial charge in [0.1, 0.15) is 5.75 Å². The molecule has 3 rings (SSSR count). The summed E-state index contributed by atoms with van der Waals surface area (Å²) in [7, 11) is 0. The molecule has 0 aliphatic heterocycles. The molecule has 0 spiro atoms. The number of ether oxygens (including phenoxy) is 1. The lowest BCUT2D eigenvalue weighted by atomic mass is 9.89. The molecule has 0 heterocycles. The Morgan fingerprint density at radius 1 is 1.03 bits per heavy atom. The van der Waals surface area contributed by atoms with Crippen molar-refractivity contribution in [1.82, 2.24) is 5.32 Å². The number of thioether (sulfide) groups is 1. The summed E-state index contributed by atoms with van der Waals surface area (Å²) in [6, 6.07) is 12.8. The van der Waals surface area contributed by atoms with E-state index in [1.54, 1.807) is 18.2 Å². The Morgan fingerprint density at radius 3 is 2.45 bits per heavy atom. The summed E-state index contributed by atoms with van der Waals surface area (Å²) in [6.07, 6.45) is 6.10. The summed E-state index contributed by atoms with van der Waals surface area (Å²) in [5.41, 5.74) is 0.900.